The third-order valence-electron chi connectivity index (χ3n) is 5.17. The van der Waals surface area contributed by atoms with Crippen molar-refractivity contribution < 1.29 is 23.6 Å². The molecule has 0 spiro atoms. The van der Waals surface area contributed by atoms with E-state index >= 15 is 0 Å². The number of rotatable bonds is 6. The van der Waals surface area contributed by atoms with Gasteiger partial charge in [-0.3, -0.25) is 9.36 Å². The van der Waals surface area contributed by atoms with E-state index in [4.69, 9.17) is 9.47 Å². The molecule has 164 valence electrons. The van der Waals surface area contributed by atoms with Gasteiger partial charge >= 0.3 is 12.1 Å². The maximum atomic E-state index is 12.7. The van der Waals surface area contributed by atoms with E-state index in [1.165, 1.54) is 7.11 Å². The molecule has 2 aromatic heterocycles. The molecule has 1 aromatic carbocycles. The number of para-hydroxylation sites is 1. The van der Waals surface area contributed by atoms with Crippen molar-refractivity contribution in [1.82, 2.24) is 4.57 Å². The van der Waals surface area contributed by atoms with Crippen LogP contribution in [0.4, 0.5) is 4.79 Å². The zero-order chi connectivity index (χ0) is 22.6. The quantitative estimate of drug-likeness (QED) is 0.440. The van der Waals surface area contributed by atoms with Crippen LogP contribution in [0.15, 0.2) is 48.9 Å². The van der Waals surface area contributed by atoms with Gasteiger partial charge in [0.25, 0.3) is 0 Å². The Morgan fingerprint density at radius 2 is 1.81 bits per heavy atom. The molecule has 2 heterocycles. The fourth-order valence-corrected chi connectivity index (χ4v) is 3.64. The van der Waals surface area contributed by atoms with Gasteiger partial charge in [-0.1, -0.05) is 25.1 Å². The van der Waals surface area contributed by atoms with Gasteiger partial charge in [0.2, 0.25) is 0 Å². The van der Waals surface area contributed by atoms with Gasteiger partial charge in [-0.05, 0) is 44.4 Å². The molecule has 3 aromatic rings. The first kappa shape index (κ1) is 22.5. The summed E-state index contributed by atoms with van der Waals surface area (Å²) < 4.78 is 14.1. The minimum Gasteiger partial charge on any atom is -0.469 e. The number of esters is 1. The molecule has 0 saturated carbocycles. The second-order valence-corrected chi connectivity index (χ2v) is 8.61. The highest BCUT2D eigenvalue weighted by atomic mass is 16.6. The van der Waals surface area contributed by atoms with E-state index in [9.17, 15) is 9.59 Å². The summed E-state index contributed by atoms with van der Waals surface area (Å²) in [5, 5.41) is 1.05. The first-order chi connectivity index (χ1) is 14.7. The van der Waals surface area contributed by atoms with E-state index in [0.29, 0.717) is 0 Å². The molecular weight excluding hydrogens is 392 g/mol. The number of nitrogens with zero attached hydrogens (tertiary/aromatic N) is 2. The third kappa shape index (κ3) is 5.51. The zero-order valence-corrected chi connectivity index (χ0v) is 19.0. The number of carbonyl (C=O) groups is 2. The van der Waals surface area contributed by atoms with Crippen LogP contribution >= 0.6 is 0 Å². The molecule has 31 heavy (non-hydrogen) atoms. The monoisotopic (exact) mass is 423 g/mol. The van der Waals surface area contributed by atoms with Crippen molar-refractivity contribution in [3.05, 3.63) is 65.6 Å². The van der Waals surface area contributed by atoms with Gasteiger partial charge in [-0.2, -0.15) is 0 Å². The van der Waals surface area contributed by atoms with Crippen LogP contribution in [0.5, 0.6) is 0 Å². The Morgan fingerprint density at radius 3 is 2.48 bits per heavy atom. The predicted molar refractivity (Wildman–Crippen MR) is 119 cm³/mol. The summed E-state index contributed by atoms with van der Waals surface area (Å²) in [6, 6.07) is 9.87. The number of benzene rings is 1. The van der Waals surface area contributed by atoms with Crippen LogP contribution in [0.2, 0.25) is 0 Å². The van der Waals surface area contributed by atoms with Gasteiger partial charge in [-0.25, -0.2) is 9.36 Å². The molecule has 0 saturated heterocycles. The van der Waals surface area contributed by atoms with Gasteiger partial charge in [0.1, 0.15) is 5.60 Å². The number of ether oxygens (including phenoxy) is 2. The predicted octanol–water partition coefficient (Wildman–Crippen LogP) is 4.23. The van der Waals surface area contributed by atoms with Crippen molar-refractivity contribution in [1.29, 1.82) is 0 Å². The molecule has 0 aliphatic carbocycles. The lowest BCUT2D eigenvalue weighted by molar-refractivity contribution is -0.696. The second kappa shape index (κ2) is 9.33. The number of carbonyl (C=O) groups excluding carboxylic acids is 2. The van der Waals surface area contributed by atoms with Gasteiger partial charge < -0.3 is 9.47 Å². The summed E-state index contributed by atoms with van der Waals surface area (Å²) in [6.07, 6.45) is 7.47. The molecule has 0 bridgehead atoms. The van der Waals surface area contributed by atoms with Crippen LogP contribution < -0.4 is 4.57 Å². The second-order valence-electron chi connectivity index (χ2n) is 8.61. The van der Waals surface area contributed by atoms with E-state index in [-0.39, 0.29) is 18.5 Å². The number of aromatic nitrogens is 2. The summed E-state index contributed by atoms with van der Waals surface area (Å²) in [6.45, 7) is 8.43. The van der Waals surface area contributed by atoms with E-state index in [1.807, 2.05) is 63.5 Å². The van der Waals surface area contributed by atoms with Crippen molar-refractivity contribution in [2.75, 3.05) is 7.11 Å². The van der Waals surface area contributed by atoms with Gasteiger partial charge in [-0.15, -0.1) is 0 Å². The molecule has 0 N–H and O–H groups in total. The van der Waals surface area contributed by atoms with Crippen molar-refractivity contribution in [3.63, 3.8) is 0 Å². The number of hydrogen-bond acceptors (Lipinski definition) is 4. The smallest absolute Gasteiger partial charge is 0.419 e. The SMILES string of the molecule is CCc1c[n+](CCc2cn(C(=O)OC(C)(C)C)c3ccccc23)ccc1CC(=O)OC. The Bertz CT molecular complexity index is 1090. The Kier molecular flexibility index (Phi) is 6.78. The van der Waals surface area contributed by atoms with Crippen molar-refractivity contribution >= 4 is 23.0 Å². The number of pyridine rings is 1. The molecule has 0 amide bonds. The first-order valence-electron chi connectivity index (χ1n) is 10.6. The Labute approximate surface area is 183 Å². The average molecular weight is 424 g/mol. The third-order valence-corrected chi connectivity index (χ3v) is 5.17. The Balaban J connectivity index is 1.83. The van der Waals surface area contributed by atoms with Crippen LogP contribution in [0.3, 0.4) is 0 Å². The molecule has 6 nitrogen and oxygen atoms in total. The first-order valence-corrected chi connectivity index (χ1v) is 10.6. The largest absolute Gasteiger partial charge is 0.469 e. The van der Waals surface area contributed by atoms with Crippen LogP contribution in [-0.2, 0) is 40.1 Å². The molecule has 3 rings (SSSR count). The van der Waals surface area contributed by atoms with Crippen LogP contribution in [0.25, 0.3) is 10.9 Å². The molecule has 0 atom stereocenters. The minimum atomic E-state index is -0.555. The summed E-state index contributed by atoms with van der Waals surface area (Å²) in [5.74, 6) is -0.234. The number of hydrogen-bond donors (Lipinski definition) is 0. The van der Waals surface area contributed by atoms with E-state index < -0.39 is 5.60 Å². The van der Waals surface area contributed by atoms with Crippen molar-refractivity contribution in [3.8, 4) is 0 Å². The Hall–Kier alpha value is -3.15. The highest BCUT2D eigenvalue weighted by Gasteiger charge is 2.21. The lowest BCUT2D eigenvalue weighted by atomic mass is 10.0. The summed E-state index contributed by atoms with van der Waals surface area (Å²) in [4.78, 5) is 24.3. The van der Waals surface area contributed by atoms with E-state index in [2.05, 4.69) is 17.7 Å². The highest BCUT2D eigenvalue weighted by Crippen LogP contribution is 2.23. The van der Waals surface area contributed by atoms with Crippen LogP contribution in [0, 0.1) is 0 Å². The summed E-state index contributed by atoms with van der Waals surface area (Å²) >= 11 is 0. The van der Waals surface area contributed by atoms with Crippen LogP contribution in [0.1, 0.15) is 44.4 Å². The van der Waals surface area contributed by atoms with Crippen molar-refractivity contribution in [2.45, 2.75) is 59.1 Å². The van der Waals surface area contributed by atoms with Crippen molar-refractivity contribution in [2.24, 2.45) is 0 Å². The normalized spacial score (nSPS) is 11.5. The number of methoxy groups -OCH3 is 1. The minimum absolute atomic E-state index is 0.234. The fourth-order valence-electron chi connectivity index (χ4n) is 3.64. The maximum absolute atomic E-state index is 12.7. The summed E-state index contributed by atoms with van der Waals surface area (Å²) in [7, 11) is 1.41. The topological polar surface area (TPSA) is 61.4 Å². The van der Waals surface area contributed by atoms with Gasteiger partial charge in [0, 0.05) is 29.6 Å². The average Bonchev–Trinajstić information content (AvgIpc) is 3.10. The maximum Gasteiger partial charge on any atom is 0.419 e. The molecule has 0 fully saturated rings. The van der Waals surface area contributed by atoms with Gasteiger partial charge in [0.05, 0.1) is 19.0 Å². The van der Waals surface area contributed by atoms with E-state index in [0.717, 1.165) is 47.0 Å². The molecule has 0 aliphatic rings. The van der Waals surface area contributed by atoms with E-state index in [1.54, 1.807) is 4.57 Å². The zero-order valence-electron chi connectivity index (χ0n) is 19.0. The molecule has 0 radical (unpaired) electrons. The summed E-state index contributed by atoms with van der Waals surface area (Å²) in [5.41, 5.74) is 3.50. The molecule has 6 heteroatoms. The number of fused-ring (bicyclic) bond motifs is 1. The van der Waals surface area contributed by atoms with Gasteiger partial charge in [0.15, 0.2) is 18.9 Å². The molecular formula is C25H31N2O4+. The molecule has 0 aliphatic heterocycles. The highest BCUT2D eigenvalue weighted by molar-refractivity contribution is 5.92. The fraction of sp³-hybridized carbons (Fsp3) is 0.400. The number of aryl methyl sites for hydroxylation is 3. The Morgan fingerprint density at radius 1 is 1.06 bits per heavy atom. The van der Waals surface area contributed by atoms with Crippen LogP contribution in [-0.4, -0.2) is 29.3 Å². The standard InChI is InChI=1S/C25H31N2O4/c1-6-18-16-26(13-11-19(18)15-23(28)30-5)14-12-20-17-27(24(29)31-25(2,3)4)22-10-8-7-9-21(20)22/h7-11,13,16-17H,6,12,14-15H2,1-5H3/q+1. The lowest BCUT2D eigenvalue weighted by Crippen LogP contribution is -2.35. The lowest BCUT2D eigenvalue weighted by Gasteiger charge is -2.19. The molecule has 0 unspecified atom stereocenters.